The minimum atomic E-state index is -0.447. The van der Waals surface area contributed by atoms with Gasteiger partial charge in [-0.2, -0.15) is 0 Å². The van der Waals surface area contributed by atoms with Crippen LogP contribution < -0.4 is 0 Å². The highest BCUT2D eigenvalue weighted by Gasteiger charge is 2.03. The number of pyridine rings is 1. The van der Waals surface area contributed by atoms with Crippen molar-refractivity contribution in [2.24, 2.45) is 4.99 Å². The van der Waals surface area contributed by atoms with E-state index >= 15 is 0 Å². The fourth-order valence-corrected chi connectivity index (χ4v) is 1.42. The first-order valence-corrected chi connectivity index (χ1v) is 5.43. The van der Waals surface area contributed by atoms with Crippen LogP contribution in [0.25, 0.3) is 0 Å². The van der Waals surface area contributed by atoms with Gasteiger partial charge < -0.3 is 0 Å². The van der Waals surface area contributed by atoms with Crippen LogP contribution in [0, 0.1) is 10.1 Å². The Balaban J connectivity index is 2.20. The molecule has 0 bridgehead atoms. The molecule has 0 saturated heterocycles. The van der Waals surface area contributed by atoms with Crippen LogP contribution >= 0.6 is 11.6 Å². The second-order valence-electron chi connectivity index (χ2n) is 3.44. The number of rotatable bonds is 3. The molecule has 2 rings (SSSR count). The number of non-ortho nitro benzene ring substituents is 1. The topological polar surface area (TPSA) is 68.4 Å². The van der Waals surface area contributed by atoms with Crippen molar-refractivity contribution in [3.8, 4) is 0 Å². The van der Waals surface area contributed by atoms with Crippen LogP contribution in [-0.2, 0) is 0 Å². The van der Waals surface area contributed by atoms with Crippen LogP contribution in [-0.4, -0.2) is 16.1 Å². The molecule has 1 heterocycles. The molecule has 0 aliphatic heterocycles. The number of aromatic nitrogens is 1. The van der Waals surface area contributed by atoms with Crippen molar-refractivity contribution in [2.45, 2.75) is 0 Å². The number of nitrogens with zero attached hydrogens (tertiary/aromatic N) is 3. The lowest BCUT2D eigenvalue weighted by Gasteiger charge is -1.95. The zero-order chi connectivity index (χ0) is 13.0. The summed E-state index contributed by atoms with van der Waals surface area (Å²) in [5.74, 6) is 0.492. The van der Waals surface area contributed by atoms with Gasteiger partial charge in [0, 0.05) is 24.5 Å². The van der Waals surface area contributed by atoms with Crippen molar-refractivity contribution >= 4 is 29.3 Å². The van der Waals surface area contributed by atoms with Gasteiger partial charge in [-0.15, -0.1) is 0 Å². The Morgan fingerprint density at radius 3 is 2.83 bits per heavy atom. The predicted molar refractivity (Wildman–Crippen MR) is 69.6 cm³/mol. The zero-order valence-electron chi connectivity index (χ0n) is 9.15. The highest BCUT2D eigenvalue weighted by atomic mass is 35.5. The Bertz CT molecular complexity index is 597. The molecule has 0 N–H and O–H groups in total. The molecule has 1 aromatic carbocycles. The van der Waals surface area contributed by atoms with Crippen molar-refractivity contribution in [1.29, 1.82) is 0 Å². The third-order valence-electron chi connectivity index (χ3n) is 2.14. The smallest absolute Gasteiger partial charge is 0.258 e. The molecule has 0 saturated carbocycles. The molecule has 2 aromatic rings. The lowest BCUT2D eigenvalue weighted by Crippen LogP contribution is -1.89. The quantitative estimate of drug-likeness (QED) is 0.483. The minimum absolute atomic E-state index is 0.0306. The van der Waals surface area contributed by atoms with E-state index in [-0.39, 0.29) is 5.69 Å². The number of aliphatic imine (C=N–C) groups is 1. The van der Waals surface area contributed by atoms with E-state index in [4.69, 9.17) is 11.6 Å². The lowest BCUT2D eigenvalue weighted by molar-refractivity contribution is -0.384. The third kappa shape index (κ3) is 3.11. The van der Waals surface area contributed by atoms with Gasteiger partial charge in [0.2, 0.25) is 0 Å². The molecule has 0 fully saturated rings. The number of halogens is 1. The summed E-state index contributed by atoms with van der Waals surface area (Å²) in [6, 6.07) is 9.54. The van der Waals surface area contributed by atoms with E-state index in [2.05, 4.69) is 9.98 Å². The first-order valence-electron chi connectivity index (χ1n) is 5.05. The molecular weight excluding hydrogens is 254 g/mol. The normalized spacial score (nSPS) is 10.7. The highest BCUT2D eigenvalue weighted by molar-refractivity contribution is 6.30. The second kappa shape index (κ2) is 5.37. The number of hydrogen-bond acceptors (Lipinski definition) is 4. The summed E-state index contributed by atoms with van der Waals surface area (Å²) in [7, 11) is 0. The Hall–Kier alpha value is -2.27. The summed E-state index contributed by atoms with van der Waals surface area (Å²) >= 11 is 5.70. The summed E-state index contributed by atoms with van der Waals surface area (Å²) in [5, 5.41) is 11.1. The van der Waals surface area contributed by atoms with Gasteiger partial charge in [0.15, 0.2) is 5.82 Å². The van der Waals surface area contributed by atoms with Crippen molar-refractivity contribution in [2.75, 3.05) is 0 Å². The van der Waals surface area contributed by atoms with E-state index in [0.717, 1.165) is 0 Å². The summed E-state index contributed by atoms with van der Waals surface area (Å²) in [4.78, 5) is 18.2. The average Bonchev–Trinajstić information content (AvgIpc) is 2.38. The molecule has 0 radical (unpaired) electrons. The van der Waals surface area contributed by atoms with Crippen LogP contribution in [0.2, 0.25) is 5.02 Å². The summed E-state index contributed by atoms with van der Waals surface area (Å²) in [5.41, 5.74) is 0.670. The molecule has 0 atom stereocenters. The lowest BCUT2D eigenvalue weighted by atomic mass is 10.2. The molecule has 6 heteroatoms. The van der Waals surface area contributed by atoms with Gasteiger partial charge in [0.05, 0.1) is 9.95 Å². The first kappa shape index (κ1) is 12.2. The summed E-state index contributed by atoms with van der Waals surface area (Å²) < 4.78 is 0. The van der Waals surface area contributed by atoms with Gasteiger partial charge in [-0.05, 0) is 17.7 Å². The van der Waals surface area contributed by atoms with Crippen LogP contribution in [0.3, 0.4) is 0 Å². The highest BCUT2D eigenvalue weighted by Crippen LogP contribution is 2.14. The molecule has 0 unspecified atom stereocenters. The van der Waals surface area contributed by atoms with Crippen LogP contribution in [0.1, 0.15) is 5.56 Å². The van der Waals surface area contributed by atoms with E-state index < -0.39 is 4.92 Å². The first-order chi connectivity index (χ1) is 8.65. The van der Waals surface area contributed by atoms with Gasteiger partial charge in [-0.3, -0.25) is 10.1 Å². The van der Waals surface area contributed by atoms with E-state index in [0.29, 0.717) is 16.4 Å². The van der Waals surface area contributed by atoms with E-state index in [1.807, 2.05) is 0 Å². The van der Waals surface area contributed by atoms with Gasteiger partial charge >= 0.3 is 0 Å². The van der Waals surface area contributed by atoms with Crippen LogP contribution in [0.4, 0.5) is 11.5 Å². The SMILES string of the molecule is O=[N+]([O-])c1cccc(C=Nc2ccc(Cl)cn2)c1. The Morgan fingerprint density at radius 1 is 1.33 bits per heavy atom. The second-order valence-corrected chi connectivity index (χ2v) is 3.88. The number of nitro groups is 1. The predicted octanol–water partition coefficient (Wildman–Crippen LogP) is 3.39. The molecule has 0 amide bonds. The van der Waals surface area contributed by atoms with Gasteiger partial charge in [0.25, 0.3) is 5.69 Å². The Labute approximate surface area is 108 Å². The van der Waals surface area contributed by atoms with Crippen molar-refractivity contribution in [1.82, 2.24) is 4.98 Å². The van der Waals surface area contributed by atoms with Crippen molar-refractivity contribution in [3.63, 3.8) is 0 Å². The Kier molecular flexibility index (Phi) is 3.64. The number of hydrogen-bond donors (Lipinski definition) is 0. The molecule has 0 aliphatic rings. The minimum Gasteiger partial charge on any atom is -0.258 e. The fourth-order valence-electron chi connectivity index (χ4n) is 1.30. The monoisotopic (exact) mass is 261 g/mol. The molecule has 18 heavy (non-hydrogen) atoms. The van der Waals surface area contributed by atoms with E-state index in [1.54, 1.807) is 24.3 Å². The van der Waals surface area contributed by atoms with Crippen LogP contribution in [0.15, 0.2) is 47.6 Å². The van der Waals surface area contributed by atoms with Crippen molar-refractivity contribution < 1.29 is 4.92 Å². The maximum absolute atomic E-state index is 10.6. The van der Waals surface area contributed by atoms with Gasteiger partial charge in [-0.1, -0.05) is 23.7 Å². The maximum Gasteiger partial charge on any atom is 0.270 e. The Morgan fingerprint density at radius 2 is 2.17 bits per heavy atom. The van der Waals surface area contributed by atoms with E-state index in [1.165, 1.54) is 24.5 Å². The maximum atomic E-state index is 10.6. The summed E-state index contributed by atoms with van der Waals surface area (Å²) in [6.07, 6.45) is 3.00. The van der Waals surface area contributed by atoms with Crippen LogP contribution in [0.5, 0.6) is 0 Å². The molecule has 0 aliphatic carbocycles. The molecule has 5 nitrogen and oxygen atoms in total. The molecule has 0 spiro atoms. The zero-order valence-corrected chi connectivity index (χ0v) is 9.91. The number of nitro benzene ring substituents is 1. The number of benzene rings is 1. The molecular formula is C12H8ClN3O2. The molecule has 90 valence electrons. The standard InChI is InChI=1S/C12H8ClN3O2/c13-10-4-5-12(15-8-10)14-7-9-2-1-3-11(6-9)16(17)18/h1-8H. The van der Waals surface area contributed by atoms with Gasteiger partial charge in [-0.25, -0.2) is 9.98 Å². The third-order valence-corrected chi connectivity index (χ3v) is 2.36. The fraction of sp³-hybridized carbons (Fsp3) is 0. The molecule has 1 aromatic heterocycles. The van der Waals surface area contributed by atoms with Crippen molar-refractivity contribution in [3.05, 3.63) is 63.3 Å². The largest absolute Gasteiger partial charge is 0.270 e. The van der Waals surface area contributed by atoms with E-state index in [9.17, 15) is 10.1 Å². The van der Waals surface area contributed by atoms with Gasteiger partial charge in [0.1, 0.15) is 0 Å². The average molecular weight is 262 g/mol. The summed E-state index contributed by atoms with van der Waals surface area (Å²) in [6.45, 7) is 0.